The van der Waals surface area contributed by atoms with E-state index >= 15 is 0 Å². The highest BCUT2D eigenvalue weighted by Crippen LogP contribution is 2.28. The van der Waals surface area contributed by atoms with Gasteiger partial charge < -0.3 is 14.3 Å². The summed E-state index contributed by atoms with van der Waals surface area (Å²) in [6.45, 7) is 7.40. The highest BCUT2D eigenvalue weighted by molar-refractivity contribution is 5.73. The van der Waals surface area contributed by atoms with Crippen molar-refractivity contribution in [2.24, 2.45) is 5.92 Å². The molecule has 0 unspecified atom stereocenters. The number of furan rings is 1. The lowest BCUT2D eigenvalue weighted by Gasteiger charge is -2.18. The number of carbonyl (C=O) groups excluding carboxylic acids is 1. The Labute approximate surface area is 119 Å². The zero-order valence-corrected chi connectivity index (χ0v) is 12.3. The second-order valence-corrected chi connectivity index (χ2v) is 4.75. The van der Waals surface area contributed by atoms with E-state index in [-0.39, 0.29) is 0 Å². The smallest absolute Gasteiger partial charge is 0.311 e. The van der Waals surface area contributed by atoms with Crippen LogP contribution in [0.25, 0.3) is 0 Å². The molecule has 0 bridgehead atoms. The summed E-state index contributed by atoms with van der Waals surface area (Å²) >= 11 is 0. The van der Waals surface area contributed by atoms with Crippen molar-refractivity contribution in [3.8, 4) is 0 Å². The Bertz CT molecular complexity index is 484. The zero-order chi connectivity index (χ0) is 15.1. The number of ether oxygens (including phenoxy) is 1. The van der Waals surface area contributed by atoms with Crippen LogP contribution >= 0.6 is 0 Å². The van der Waals surface area contributed by atoms with Gasteiger partial charge >= 0.3 is 5.97 Å². The molecule has 4 nitrogen and oxygen atoms in total. The van der Waals surface area contributed by atoms with Crippen molar-refractivity contribution in [1.82, 2.24) is 0 Å². The van der Waals surface area contributed by atoms with Crippen LogP contribution < -0.4 is 0 Å². The molecule has 2 atom stereocenters. The van der Waals surface area contributed by atoms with Crippen molar-refractivity contribution in [2.75, 3.05) is 7.11 Å². The molecular formula is C16H22O4. The Morgan fingerprint density at radius 3 is 2.75 bits per heavy atom. The first-order chi connectivity index (χ1) is 9.49. The number of methoxy groups -OCH3 is 1. The van der Waals surface area contributed by atoms with Gasteiger partial charge in [0.25, 0.3) is 0 Å². The molecule has 1 aromatic heterocycles. The maximum Gasteiger partial charge on any atom is 0.311 e. The van der Waals surface area contributed by atoms with E-state index in [0.717, 1.165) is 5.57 Å². The molecule has 110 valence electrons. The Morgan fingerprint density at radius 1 is 1.55 bits per heavy atom. The Morgan fingerprint density at radius 2 is 2.25 bits per heavy atom. The zero-order valence-electron chi connectivity index (χ0n) is 12.3. The molecule has 1 heterocycles. The van der Waals surface area contributed by atoms with Crippen molar-refractivity contribution in [1.29, 1.82) is 0 Å². The van der Waals surface area contributed by atoms with Crippen LogP contribution in [0.5, 0.6) is 0 Å². The molecule has 1 rings (SSSR count). The molecule has 0 spiro atoms. The number of hydrogen-bond acceptors (Lipinski definition) is 4. The monoisotopic (exact) mass is 278 g/mol. The van der Waals surface area contributed by atoms with Crippen LogP contribution in [0.15, 0.2) is 40.9 Å². The predicted molar refractivity (Wildman–Crippen MR) is 77.1 cm³/mol. The molecule has 1 aromatic rings. The number of rotatable bonds is 7. The lowest BCUT2D eigenvalue weighted by Crippen LogP contribution is -2.23. The fourth-order valence-electron chi connectivity index (χ4n) is 1.94. The first-order valence-electron chi connectivity index (χ1n) is 6.61. The van der Waals surface area contributed by atoms with Gasteiger partial charge in [-0.2, -0.15) is 0 Å². The van der Waals surface area contributed by atoms with E-state index in [0.29, 0.717) is 24.4 Å². The summed E-state index contributed by atoms with van der Waals surface area (Å²) in [6, 6.07) is 3.44. The molecule has 0 amide bonds. The minimum absolute atomic E-state index is 0.391. The van der Waals surface area contributed by atoms with E-state index in [9.17, 15) is 9.90 Å². The van der Waals surface area contributed by atoms with E-state index in [1.807, 2.05) is 13.0 Å². The largest absolute Gasteiger partial charge is 0.469 e. The third kappa shape index (κ3) is 4.38. The summed E-state index contributed by atoms with van der Waals surface area (Å²) in [5.74, 6) is 0.0167. The summed E-state index contributed by atoms with van der Waals surface area (Å²) in [5, 5.41) is 10.3. The molecule has 0 saturated carbocycles. The molecule has 0 saturated heterocycles. The number of aryl methyl sites for hydroxylation is 1. The molecule has 1 N–H and O–H groups in total. The molecule has 0 aliphatic heterocycles. The van der Waals surface area contributed by atoms with E-state index in [4.69, 9.17) is 9.15 Å². The second-order valence-electron chi connectivity index (χ2n) is 4.75. The molecule has 0 aromatic carbocycles. The number of aliphatic hydroxyl groups is 1. The Kier molecular flexibility index (Phi) is 6.25. The third-order valence-electron chi connectivity index (χ3n) is 3.20. The minimum atomic E-state index is -0.992. The normalized spacial score (nSPS) is 14.7. The van der Waals surface area contributed by atoms with Crippen LogP contribution in [0.1, 0.15) is 37.4 Å². The van der Waals surface area contributed by atoms with E-state index in [1.165, 1.54) is 7.11 Å². The molecule has 20 heavy (non-hydrogen) atoms. The molecule has 4 heteroatoms. The van der Waals surface area contributed by atoms with Gasteiger partial charge in [-0.05, 0) is 38.8 Å². The highest BCUT2D eigenvalue weighted by Gasteiger charge is 2.30. The van der Waals surface area contributed by atoms with E-state index in [2.05, 4.69) is 6.58 Å². The van der Waals surface area contributed by atoms with Crippen molar-refractivity contribution >= 4 is 5.97 Å². The summed E-state index contributed by atoms with van der Waals surface area (Å²) in [4.78, 5) is 11.8. The van der Waals surface area contributed by atoms with Gasteiger partial charge in [-0.25, -0.2) is 0 Å². The maximum atomic E-state index is 11.8. The van der Waals surface area contributed by atoms with Gasteiger partial charge in [0.2, 0.25) is 0 Å². The van der Waals surface area contributed by atoms with Crippen LogP contribution in [-0.2, 0) is 9.53 Å². The number of carbonyl (C=O) groups is 1. The topological polar surface area (TPSA) is 59.7 Å². The average Bonchev–Trinajstić information content (AvgIpc) is 2.88. The lowest BCUT2D eigenvalue weighted by molar-refractivity contribution is -0.150. The quantitative estimate of drug-likeness (QED) is 0.614. The van der Waals surface area contributed by atoms with Crippen LogP contribution in [0.2, 0.25) is 0 Å². The summed E-state index contributed by atoms with van der Waals surface area (Å²) in [6.07, 6.45) is 3.88. The minimum Gasteiger partial charge on any atom is -0.469 e. The molecule has 0 fully saturated rings. The number of aliphatic hydroxyl groups excluding tert-OH is 1. The van der Waals surface area contributed by atoms with Gasteiger partial charge in [0.15, 0.2) is 0 Å². The number of allylic oxidation sites excluding steroid dienone is 3. The van der Waals surface area contributed by atoms with E-state index < -0.39 is 18.0 Å². The fourth-order valence-corrected chi connectivity index (χ4v) is 1.94. The van der Waals surface area contributed by atoms with E-state index in [1.54, 1.807) is 25.1 Å². The highest BCUT2D eigenvalue weighted by atomic mass is 16.5. The summed E-state index contributed by atoms with van der Waals surface area (Å²) in [7, 11) is 1.32. The maximum absolute atomic E-state index is 11.8. The first kappa shape index (κ1) is 16.2. The molecule has 0 radical (unpaired) electrons. The fraction of sp³-hybridized carbons (Fsp3) is 0.438. The van der Waals surface area contributed by atoms with Gasteiger partial charge in [0.05, 0.1) is 13.0 Å². The van der Waals surface area contributed by atoms with Crippen molar-refractivity contribution < 1.29 is 19.1 Å². The number of hydrogen-bond donors (Lipinski definition) is 1. The average molecular weight is 278 g/mol. The van der Waals surface area contributed by atoms with Gasteiger partial charge in [-0.3, -0.25) is 4.79 Å². The Hall–Kier alpha value is -1.81. The van der Waals surface area contributed by atoms with Crippen molar-refractivity contribution in [2.45, 2.75) is 32.8 Å². The molecule has 0 aliphatic carbocycles. The van der Waals surface area contributed by atoms with Gasteiger partial charge in [-0.15, -0.1) is 0 Å². The van der Waals surface area contributed by atoms with Crippen LogP contribution in [0.3, 0.4) is 0 Å². The van der Waals surface area contributed by atoms with Gasteiger partial charge in [0, 0.05) is 0 Å². The predicted octanol–water partition coefficient (Wildman–Crippen LogP) is 3.32. The SMILES string of the molecule is C=C/C(C)=C/CC[C@@H](C(=O)OC)[C@H](O)c1ccc(C)o1. The molecular weight excluding hydrogens is 256 g/mol. The van der Waals surface area contributed by atoms with Gasteiger partial charge in [-0.1, -0.05) is 24.3 Å². The summed E-state index contributed by atoms with van der Waals surface area (Å²) in [5.41, 5.74) is 1.04. The van der Waals surface area contributed by atoms with Gasteiger partial charge in [0.1, 0.15) is 17.6 Å². The van der Waals surface area contributed by atoms with Crippen molar-refractivity contribution in [3.05, 3.63) is 48.0 Å². The van der Waals surface area contributed by atoms with Crippen molar-refractivity contribution in [3.63, 3.8) is 0 Å². The standard InChI is InChI=1S/C16H22O4/c1-5-11(2)7-6-8-13(16(18)19-4)15(17)14-10-9-12(3)20-14/h5,7,9-10,13,15,17H,1,6,8H2,2-4H3/b11-7+/t13-,15+/m1/s1. The third-order valence-corrected chi connectivity index (χ3v) is 3.20. The first-order valence-corrected chi connectivity index (χ1v) is 6.61. The van der Waals surface area contributed by atoms with Crippen LogP contribution in [-0.4, -0.2) is 18.2 Å². The molecule has 0 aliphatic rings. The Balaban J connectivity index is 2.78. The summed E-state index contributed by atoms with van der Waals surface area (Å²) < 4.78 is 10.1. The number of esters is 1. The van der Waals surface area contributed by atoms with Crippen LogP contribution in [0, 0.1) is 12.8 Å². The second kappa shape index (κ2) is 7.70. The van der Waals surface area contributed by atoms with Crippen LogP contribution in [0.4, 0.5) is 0 Å². The lowest BCUT2D eigenvalue weighted by atomic mass is 9.94.